The van der Waals surface area contributed by atoms with E-state index in [0.717, 1.165) is 11.1 Å². The predicted molar refractivity (Wildman–Crippen MR) is 137 cm³/mol. The van der Waals surface area contributed by atoms with Crippen molar-refractivity contribution >= 4 is 11.6 Å². The zero-order valence-corrected chi connectivity index (χ0v) is 20.1. The lowest BCUT2D eigenvalue weighted by molar-refractivity contribution is 0.0840. The summed E-state index contributed by atoms with van der Waals surface area (Å²) in [4.78, 5) is 24.1. The van der Waals surface area contributed by atoms with Gasteiger partial charge >= 0.3 is 0 Å². The summed E-state index contributed by atoms with van der Waals surface area (Å²) in [5.74, 6) is 1.15. The van der Waals surface area contributed by atoms with Gasteiger partial charge in [-0.2, -0.15) is 0 Å². The molecule has 4 aromatic carbocycles. The summed E-state index contributed by atoms with van der Waals surface area (Å²) in [5.41, 5.74) is 2.31. The number of fused-ring (bicyclic) bond motifs is 2. The number of aromatic hydroxyl groups is 4. The Morgan fingerprint density at radius 3 is 1.32 bits per heavy atom. The molecule has 4 N–H and O–H groups in total. The van der Waals surface area contributed by atoms with E-state index in [1.54, 1.807) is 48.5 Å². The first-order valence-corrected chi connectivity index (χ1v) is 11.9. The smallest absolute Gasteiger partial charge is 0.170 e. The SMILES string of the molecule is O=C1CC(c2cccc(O)c2)Oc2ccc(O)cc21.O=C1CC(c2cccc(O)c2)Oc2ccc(O)cc21. The molecule has 8 heteroatoms. The normalized spacial score (nSPS) is 17.7. The van der Waals surface area contributed by atoms with E-state index in [9.17, 15) is 30.0 Å². The maximum absolute atomic E-state index is 12.1. The number of rotatable bonds is 2. The quantitative estimate of drug-likeness (QED) is 0.272. The van der Waals surface area contributed by atoms with Gasteiger partial charge in [0.2, 0.25) is 0 Å². The molecule has 38 heavy (non-hydrogen) atoms. The van der Waals surface area contributed by atoms with Gasteiger partial charge in [0, 0.05) is 0 Å². The molecule has 0 fully saturated rings. The third kappa shape index (κ3) is 5.24. The molecule has 0 bridgehead atoms. The van der Waals surface area contributed by atoms with Crippen LogP contribution in [0.15, 0.2) is 84.9 Å². The molecule has 2 heterocycles. The molecule has 8 nitrogen and oxygen atoms in total. The molecular formula is C30H24O8. The Morgan fingerprint density at radius 1 is 0.526 bits per heavy atom. The Hall–Kier alpha value is -4.98. The van der Waals surface area contributed by atoms with Gasteiger partial charge in [0.05, 0.1) is 24.0 Å². The number of phenolic OH excluding ortho intramolecular Hbond substituents is 4. The van der Waals surface area contributed by atoms with Crippen LogP contribution in [0.25, 0.3) is 0 Å². The van der Waals surface area contributed by atoms with Crippen molar-refractivity contribution in [2.24, 2.45) is 0 Å². The van der Waals surface area contributed by atoms with Crippen LogP contribution in [0.3, 0.4) is 0 Å². The number of phenols is 4. The zero-order valence-electron chi connectivity index (χ0n) is 20.1. The fourth-order valence-electron chi connectivity index (χ4n) is 4.45. The lowest BCUT2D eigenvalue weighted by atomic mass is 9.96. The zero-order chi connectivity index (χ0) is 26.8. The summed E-state index contributed by atoms with van der Waals surface area (Å²) in [6, 6.07) is 22.3. The van der Waals surface area contributed by atoms with E-state index in [1.807, 2.05) is 12.1 Å². The number of benzene rings is 4. The summed E-state index contributed by atoms with van der Waals surface area (Å²) in [6.45, 7) is 0. The van der Waals surface area contributed by atoms with Crippen LogP contribution >= 0.6 is 0 Å². The van der Waals surface area contributed by atoms with Crippen LogP contribution in [0, 0.1) is 0 Å². The molecule has 2 aliphatic heterocycles. The fraction of sp³-hybridized carbons (Fsp3) is 0.133. The first-order chi connectivity index (χ1) is 18.3. The summed E-state index contributed by atoms with van der Waals surface area (Å²) in [6.07, 6.45) is -0.423. The van der Waals surface area contributed by atoms with Crippen molar-refractivity contribution in [3.8, 4) is 34.5 Å². The van der Waals surface area contributed by atoms with Crippen molar-refractivity contribution in [3.63, 3.8) is 0 Å². The van der Waals surface area contributed by atoms with Crippen LogP contribution in [-0.2, 0) is 0 Å². The average Bonchev–Trinajstić information content (AvgIpc) is 2.90. The number of ketones is 2. The van der Waals surface area contributed by atoms with Crippen molar-refractivity contribution in [1.82, 2.24) is 0 Å². The molecule has 0 saturated heterocycles. The molecule has 0 saturated carbocycles. The summed E-state index contributed by atoms with van der Waals surface area (Å²) >= 11 is 0. The predicted octanol–water partition coefficient (Wildman–Crippen LogP) is 5.61. The Morgan fingerprint density at radius 2 is 0.921 bits per heavy atom. The lowest BCUT2D eigenvalue weighted by Crippen LogP contribution is -2.20. The highest BCUT2D eigenvalue weighted by atomic mass is 16.5. The van der Waals surface area contributed by atoms with Gasteiger partial charge in [0.15, 0.2) is 11.6 Å². The monoisotopic (exact) mass is 512 g/mol. The third-order valence-corrected chi connectivity index (χ3v) is 6.29. The van der Waals surface area contributed by atoms with Crippen molar-refractivity contribution in [3.05, 3.63) is 107 Å². The molecule has 4 aromatic rings. The highest BCUT2D eigenvalue weighted by Gasteiger charge is 2.29. The second kappa shape index (κ2) is 10.2. The molecule has 192 valence electrons. The average molecular weight is 513 g/mol. The second-order valence-corrected chi connectivity index (χ2v) is 9.02. The fourth-order valence-corrected chi connectivity index (χ4v) is 4.45. The lowest BCUT2D eigenvalue weighted by Gasteiger charge is -2.25. The maximum Gasteiger partial charge on any atom is 0.170 e. The number of hydrogen-bond acceptors (Lipinski definition) is 8. The first-order valence-electron chi connectivity index (χ1n) is 11.9. The van der Waals surface area contributed by atoms with Crippen LogP contribution in [-0.4, -0.2) is 32.0 Å². The molecule has 0 radical (unpaired) electrons. The van der Waals surface area contributed by atoms with Crippen LogP contribution in [0.1, 0.15) is 56.9 Å². The number of carbonyl (C=O) groups excluding carboxylic acids is 2. The standard InChI is InChI=1S/2C15H12O4/c2*16-10-3-1-2-9(6-10)15-8-13(18)12-7-11(17)4-5-14(12)19-15/h2*1-7,15-17H,8H2. The van der Waals surface area contributed by atoms with Crippen molar-refractivity contribution in [2.75, 3.05) is 0 Å². The molecular weight excluding hydrogens is 488 g/mol. The van der Waals surface area contributed by atoms with E-state index < -0.39 is 12.2 Å². The first kappa shape index (κ1) is 24.7. The van der Waals surface area contributed by atoms with E-state index in [0.29, 0.717) is 22.6 Å². The largest absolute Gasteiger partial charge is 0.508 e. The van der Waals surface area contributed by atoms with Crippen LogP contribution in [0.4, 0.5) is 0 Å². The van der Waals surface area contributed by atoms with E-state index in [1.165, 1.54) is 24.3 Å². The summed E-state index contributed by atoms with van der Waals surface area (Å²) in [7, 11) is 0. The summed E-state index contributed by atoms with van der Waals surface area (Å²) in [5, 5.41) is 37.7. The van der Waals surface area contributed by atoms with E-state index in [2.05, 4.69) is 0 Å². The Balaban J connectivity index is 0.000000155. The third-order valence-electron chi connectivity index (χ3n) is 6.29. The second-order valence-electron chi connectivity index (χ2n) is 9.02. The van der Waals surface area contributed by atoms with Crippen molar-refractivity contribution in [1.29, 1.82) is 0 Å². The van der Waals surface area contributed by atoms with Gasteiger partial charge in [0.1, 0.15) is 46.7 Å². The molecule has 2 unspecified atom stereocenters. The van der Waals surface area contributed by atoms with Gasteiger partial charge in [-0.05, 0) is 71.8 Å². The topological polar surface area (TPSA) is 134 Å². The van der Waals surface area contributed by atoms with Crippen molar-refractivity contribution < 1.29 is 39.5 Å². The molecule has 6 rings (SSSR count). The molecule has 0 aliphatic carbocycles. The molecule has 0 aromatic heterocycles. The van der Waals surface area contributed by atoms with Gasteiger partial charge < -0.3 is 29.9 Å². The van der Waals surface area contributed by atoms with Crippen LogP contribution < -0.4 is 9.47 Å². The Kier molecular flexibility index (Phi) is 6.62. The Bertz CT molecular complexity index is 1410. The number of carbonyl (C=O) groups is 2. The minimum absolute atomic E-state index is 0.0477. The van der Waals surface area contributed by atoms with Crippen LogP contribution in [0.5, 0.6) is 34.5 Å². The number of ether oxygens (including phenoxy) is 2. The van der Waals surface area contributed by atoms with Gasteiger partial charge in [-0.1, -0.05) is 24.3 Å². The van der Waals surface area contributed by atoms with E-state index in [-0.39, 0.29) is 47.4 Å². The molecule has 2 aliphatic rings. The minimum atomic E-state index is -0.406. The summed E-state index contributed by atoms with van der Waals surface area (Å²) < 4.78 is 11.5. The van der Waals surface area contributed by atoms with Gasteiger partial charge in [-0.3, -0.25) is 9.59 Å². The highest BCUT2D eigenvalue weighted by molar-refractivity contribution is 6.01. The molecule has 0 spiro atoms. The number of hydrogen-bond donors (Lipinski definition) is 4. The van der Waals surface area contributed by atoms with Gasteiger partial charge in [0.25, 0.3) is 0 Å². The molecule has 2 atom stereocenters. The van der Waals surface area contributed by atoms with Crippen LogP contribution in [0.2, 0.25) is 0 Å². The molecule has 0 amide bonds. The minimum Gasteiger partial charge on any atom is -0.508 e. The highest BCUT2D eigenvalue weighted by Crippen LogP contribution is 2.38. The van der Waals surface area contributed by atoms with Gasteiger partial charge in [-0.15, -0.1) is 0 Å². The van der Waals surface area contributed by atoms with Crippen molar-refractivity contribution in [2.45, 2.75) is 25.0 Å². The maximum atomic E-state index is 12.1. The Labute approximate surface area is 218 Å². The van der Waals surface area contributed by atoms with E-state index >= 15 is 0 Å². The number of Topliss-reactive ketones (excluding diaryl/α,β-unsaturated/α-hetero) is 2. The van der Waals surface area contributed by atoms with E-state index in [4.69, 9.17) is 9.47 Å². The van der Waals surface area contributed by atoms with Gasteiger partial charge in [-0.25, -0.2) is 0 Å².